The molecule has 1 N–H and O–H groups in total. The number of carbonyl (C=O) groups excluding carboxylic acids is 1. The Morgan fingerprint density at radius 3 is 2.55 bits per heavy atom. The van der Waals surface area contributed by atoms with Crippen LogP contribution >= 0.6 is 11.3 Å². The third kappa shape index (κ3) is 5.18. The molecular weight excluding hydrogens is 434 g/mol. The molecule has 0 radical (unpaired) electrons. The zero-order valence-corrected chi connectivity index (χ0v) is 19.2. The van der Waals surface area contributed by atoms with E-state index in [1.54, 1.807) is 12.1 Å². The first-order valence-corrected chi connectivity index (χ1v) is 12.0. The first-order valence-electron chi connectivity index (χ1n) is 11.1. The maximum absolute atomic E-state index is 12.7. The van der Waals surface area contributed by atoms with Gasteiger partial charge in [0, 0.05) is 35.2 Å². The third-order valence-electron chi connectivity index (χ3n) is 5.74. The SMILES string of the molecule is CC1CCCN(Cc2csc(NC(=O)c3ccc(-c4nnc(-c5ccccc5)o4)cc3)n2)C1. The van der Waals surface area contributed by atoms with Gasteiger partial charge in [0.25, 0.3) is 5.91 Å². The Labute approximate surface area is 196 Å². The van der Waals surface area contributed by atoms with Crippen molar-refractivity contribution in [3.05, 3.63) is 71.2 Å². The average Bonchev–Trinajstić information content (AvgIpc) is 3.50. The minimum absolute atomic E-state index is 0.190. The number of hydrogen-bond acceptors (Lipinski definition) is 7. The molecule has 5 rings (SSSR count). The second-order valence-electron chi connectivity index (χ2n) is 8.44. The summed E-state index contributed by atoms with van der Waals surface area (Å²) >= 11 is 1.46. The number of rotatable bonds is 6. The van der Waals surface area contributed by atoms with Gasteiger partial charge in [-0.25, -0.2) is 4.98 Å². The van der Waals surface area contributed by atoms with Gasteiger partial charge in [-0.2, -0.15) is 0 Å². The number of aromatic nitrogens is 3. The van der Waals surface area contributed by atoms with Gasteiger partial charge < -0.3 is 4.42 Å². The van der Waals surface area contributed by atoms with Crippen molar-refractivity contribution in [3.63, 3.8) is 0 Å². The molecular formula is C25H25N5O2S. The monoisotopic (exact) mass is 459 g/mol. The number of anilines is 1. The summed E-state index contributed by atoms with van der Waals surface area (Å²) in [5.41, 5.74) is 3.17. The van der Waals surface area contributed by atoms with Crippen LogP contribution in [-0.2, 0) is 6.54 Å². The lowest BCUT2D eigenvalue weighted by Gasteiger charge is -2.30. The Balaban J connectivity index is 1.21. The smallest absolute Gasteiger partial charge is 0.257 e. The van der Waals surface area contributed by atoms with Gasteiger partial charge in [0.15, 0.2) is 5.13 Å². The van der Waals surface area contributed by atoms with Crippen molar-refractivity contribution in [2.24, 2.45) is 5.92 Å². The standard InChI is InChI=1S/C25H25N5O2S/c1-17-6-5-13-30(14-17)15-21-16-33-25(26-21)27-22(31)18-9-11-20(12-10-18)24-29-28-23(32-24)19-7-3-2-4-8-19/h2-4,7-12,16-17H,5-6,13-15H2,1H3,(H,26,27,31). The number of likely N-dealkylation sites (tertiary alicyclic amines) is 1. The van der Waals surface area contributed by atoms with Crippen molar-refractivity contribution >= 4 is 22.4 Å². The van der Waals surface area contributed by atoms with Gasteiger partial charge in [0.2, 0.25) is 11.8 Å². The van der Waals surface area contributed by atoms with Crippen LogP contribution in [0, 0.1) is 5.92 Å². The number of carbonyl (C=O) groups is 1. The van der Waals surface area contributed by atoms with Crippen LogP contribution in [0.15, 0.2) is 64.4 Å². The predicted octanol–water partition coefficient (Wildman–Crippen LogP) is 5.34. The summed E-state index contributed by atoms with van der Waals surface area (Å²) in [7, 11) is 0. The first-order chi connectivity index (χ1) is 16.1. The highest BCUT2D eigenvalue weighted by atomic mass is 32.1. The van der Waals surface area contributed by atoms with E-state index in [4.69, 9.17) is 4.42 Å². The van der Waals surface area contributed by atoms with E-state index >= 15 is 0 Å². The van der Waals surface area contributed by atoms with Gasteiger partial charge >= 0.3 is 0 Å². The highest BCUT2D eigenvalue weighted by Gasteiger charge is 2.18. The summed E-state index contributed by atoms with van der Waals surface area (Å²) in [4.78, 5) is 19.7. The Morgan fingerprint density at radius 1 is 1.09 bits per heavy atom. The van der Waals surface area contributed by atoms with Crippen LogP contribution in [0.25, 0.3) is 22.9 Å². The Morgan fingerprint density at radius 2 is 1.82 bits per heavy atom. The molecule has 1 saturated heterocycles. The fourth-order valence-corrected chi connectivity index (χ4v) is 4.76. The highest BCUT2D eigenvalue weighted by molar-refractivity contribution is 7.14. The van der Waals surface area contributed by atoms with Crippen LogP contribution in [0.1, 0.15) is 35.8 Å². The molecule has 1 atom stereocenters. The van der Waals surface area contributed by atoms with Crippen molar-refractivity contribution in [1.29, 1.82) is 0 Å². The van der Waals surface area contributed by atoms with E-state index < -0.39 is 0 Å². The third-order valence-corrected chi connectivity index (χ3v) is 6.55. The second-order valence-corrected chi connectivity index (χ2v) is 9.29. The van der Waals surface area contributed by atoms with E-state index in [0.29, 0.717) is 22.5 Å². The van der Waals surface area contributed by atoms with E-state index in [1.165, 1.54) is 24.2 Å². The van der Waals surface area contributed by atoms with Crippen LogP contribution in [0.4, 0.5) is 5.13 Å². The fraction of sp³-hybridized carbons (Fsp3) is 0.280. The normalized spacial score (nSPS) is 16.6. The number of amides is 1. The molecule has 1 fully saturated rings. The van der Waals surface area contributed by atoms with Crippen LogP contribution in [0.2, 0.25) is 0 Å². The lowest BCUT2D eigenvalue weighted by Crippen LogP contribution is -2.33. The molecule has 0 spiro atoms. The molecule has 7 nitrogen and oxygen atoms in total. The van der Waals surface area contributed by atoms with Gasteiger partial charge in [-0.15, -0.1) is 21.5 Å². The molecule has 3 heterocycles. The molecule has 33 heavy (non-hydrogen) atoms. The number of hydrogen-bond donors (Lipinski definition) is 1. The van der Waals surface area contributed by atoms with Crippen LogP contribution in [-0.4, -0.2) is 39.1 Å². The molecule has 168 valence electrons. The Bertz CT molecular complexity index is 1220. The van der Waals surface area contributed by atoms with Gasteiger partial charge in [-0.1, -0.05) is 25.1 Å². The second kappa shape index (κ2) is 9.64. The largest absolute Gasteiger partial charge is 0.416 e. The van der Waals surface area contributed by atoms with Crippen molar-refractivity contribution in [1.82, 2.24) is 20.1 Å². The molecule has 0 saturated carbocycles. The van der Waals surface area contributed by atoms with Crippen molar-refractivity contribution in [3.8, 4) is 22.9 Å². The summed E-state index contributed by atoms with van der Waals surface area (Å²) in [6.07, 6.45) is 2.54. The lowest BCUT2D eigenvalue weighted by atomic mass is 10.0. The van der Waals surface area contributed by atoms with E-state index in [9.17, 15) is 4.79 Å². The van der Waals surface area contributed by atoms with E-state index in [1.807, 2.05) is 47.8 Å². The molecule has 2 aromatic heterocycles. The highest BCUT2D eigenvalue weighted by Crippen LogP contribution is 2.25. The zero-order chi connectivity index (χ0) is 22.6. The average molecular weight is 460 g/mol. The quantitative estimate of drug-likeness (QED) is 0.419. The molecule has 4 aromatic rings. The summed E-state index contributed by atoms with van der Waals surface area (Å²) < 4.78 is 5.79. The molecule has 0 aliphatic carbocycles. The van der Waals surface area contributed by atoms with E-state index in [-0.39, 0.29) is 5.91 Å². The molecule has 1 amide bonds. The predicted molar refractivity (Wildman–Crippen MR) is 129 cm³/mol. The van der Waals surface area contributed by atoms with E-state index in [2.05, 4.69) is 32.3 Å². The zero-order valence-electron chi connectivity index (χ0n) is 18.4. The fourth-order valence-electron chi connectivity index (χ4n) is 4.07. The summed E-state index contributed by atoms with van der Waals surface area (Å²) in [5.74, 6) is 1.42. The Kier molecular flexibility index (Phi) is 6.28. The Hall–Kier alpha value is -3.36. The lowest BCUT2D eigenvalue weighted by molar-refractivity contribution is 0.102. The molecule has 1 aliphatic heterocycles. The number of benzene rings is 2. The minimum atomic E-state index is -0.190. The number of nitrogens with one attached hydrogen (secondary N) is 1. The molecule has 2 aromatic carbocycles. The van der Waals surface area contributed by atoms with Crippen molar-refractivity contribution < 1.29 is 9.21 Å². The molecule has 0 bridgehead atoms. The number of piperidine rings is 1. The maximum atomic E-state index is 12.7. The molecule has 1 aliphatic rings. The maximum Gasteiger partial charge on any atom is 0.257 e. The summed E-state index contributed by atoms with van der Waals surface area (Å²) in [6.45, 7) is 5.35. The van der Waals surface area contributed by atoms with Crippen LogP contribution < -0.4 is 5.32 Å². The van der Waals surface area contributed by atoms with Crippen molar-refractivity contribution in [2.75, 3.05) is 18.4 Å². The summed E-state index contributed by atoms with van der Waals surface area (Å²) in [6, 6.07) is 16.7. The van der Waals surface area contributed by atoms with Gasteiger partial charge in [0.1, 0.15) is 0 Å². The first kappa shape index (κ1) is 21.5. The van der Waals surface area contributed by atoms with Gasteiger partial charge in [0.05, 0.1) is 5.69 Å². The van der Waals surface area contributed by atoms with Crippen molar-refractivity contribution in [2.45, 2.75) is 26.3 Å². The molecule has 8 heteroatoms. The summed E-state index contributed by atoms with van der Waals surface area (Å²) in [5, 5.41) is 13.8. The topological polar surface area (TPSA) is 84.2 Å². The van der Waals surface area contributed by atoms with E-state index in [0.717, 1.165) is 42.4 Å². The van der Waals surface area contributed by atoms with Crippen LogP contribution in [0.5, 0.6) is 0 Å². The molecule has 1 unspecified atom stereocenters. The van der Waals surface area contributed by atoms with Crippen LogP contribution in [0.3, 0.4) is 0 Å². The number of thiazole rings is 1. The van der Waals surface area contributed by atoms with Gasteiger partial charge in [-0.05, 0) is 61.7 Å². The number of nitrogens with zero attached hydrogens (tertiary/aromatic N) is 4. The van der Waals surface area contributed by atoms with Gasteiger partial charge in [-0.3, -0.25) is 15.0 Å². The minimum Gasteiger partial charge on any atom is -0.416 e.